The van der Waals surface area contributed by atoms with Gasteiger partial charge in [-0.25, -0.2) is 0 Å². The van der Waals surface area contributed by atoms with Gasteiger partial charge in [-0.3, -0.25) is 4.79 Å². The lowest BCUT2D eigenvalue weighted by Crippen LogP contribution is -2.66. The van der Waals surface area contributed by atoms with Crippen LogP contribution in [0.2, 0.25) is 5.04 Å². The highest BCUT2D eigenvalue weighted by molar-refractivity contribution is 6.99. The number of ether oxygens (including phenoxy) is 1. The van der Waals surface area contributed by atoms with Crippen molar-refractivity contribution >= 4 is 24.5 Å². The highest BCUT2D eigenvalue weighted by Crippen LogP contribution is 2.57. The van der Waals surface area contributed by atoms with Crippen molar-refractivity contribution in [2.45, 2.75) is 71.8 Å². The Morgan fingerprint density at radius 2 is 1.57 bits per heavy atom. The Hall–Kier alpha value is -2.17. The Kier molecular flexibility index (Phi) is 7.45. The lowest BCUT2D eigenvalue weighted by Gasteiger charge is -2.44. The smallest absolute Gasteiger partial charge is 0.261 e. The molecular formula is C31H42O3Si. The van der Waals surface area contributed by atoms with E-state index in [1.54, 1.807) is 7.11 Å². The van der Waals surface area contributed by atoms with Crippen LogP contribution in [0.4, 0.5) is 0 Å². The number of methoxy groups -OCH3 is 1. The molecule has 4 heteroatoms. The fraction of sp³-hybridized carbons (Fsp3) is 0.516. The Morgan fingerprint density at radius 3 is 2.09 bits per heavy atom. The number of hydrogen-bond donors (Lipinski definition) is 0. The monoisotopic (exact) mass is 490 g/mol. The van der Waals surface area contributed by atoms with E-state index in [9.17, 15) is 4.79 Å². The summed E-state index contributed by atoms with van der Waals surface area (Å²) in [5, 5.41) is 2.66. The van der Waals surface area contributed by atoms with Crippen molar-refractivity contribution in [3.8, 4) is 0 Å². The molecule has 0 saturated heterocycles. The molecule has 1 saturated carbocycles. The van der Waals surface area contributed by atoms with Crippen LogP contribution in [0.5, 0.6) is 0 Å². The molecule has 2 aliphatic rings. The van der Waals surface area contributed by atoms with Gasteiger partial charge in [0.2, 0.25) is 0 Å². The first-order valence-corrected chi connectivity index (χ1v) is 15.1. The van der Waals surface area contributed by atoms with E-state index in [4.69, 9.17) is 9.16 Å². The van der Waals surface area contributed by atoms with E-state index in [1.165, 1.54) is 15.9 Å². The summed E-state index contributed by atoms with van der Waals surface area (Å²) in [7, 11) is -0.856. The van der Waals surface area contributed by atoms with Crippen LogP contribution >= 0.6 is 0 Å². The summed E-state index contributed by atoms with van der Waals surface area (Å²) in [6.45, 7) is 12.5. The van der Waals surface area contributed by atoms with E-state index in [1.807, 2.05) is 0 Å². The summed E-state index contributed by atoms with van der Waals surface area (Å²) in [5.41, 5.74) is 1.33. The third-order valence-corrected chi connectivity index (χ3v) is 13.9. The van der Waals surface area contributed by atoms with Gasteiger partial charge in [-0.05, 0) is 63.9 Å². The van der Waals surface area contributed by atoms with Crippen molar-refractivity contribution in [3.05, 3.63) is 72.0 Å². The van der Waals surface area contributed by atoms with Gasteiger partial charge in [0, 0.05) is 13.0 Å². The number of allylic oxidation sites excluding steroid dienone is 2. The maximum absolute atomic E-state index is 12.4. The molecule has 0 N–H and O–H groups in total. The number of ketones is 1. The Bertz CT molecular complexity index is 1010. The van der Waals surface area contributed by atoms with Gasteiger partial charge in [-0.1, -0.05) is 95.3 Å². The lowest BCUT2D eigenvalue weighted by molar-refractivity contribution is -0.120. The second-order valence-corrected chi connectivity index (χ2v) is 16.1. The molecule has 2 aromatic rings. The average molecular weight is 491 g/mol. The standard InChI is InChI=1S/C31H42O3Si/c1-23(26-17-18-27-29(33-6)28(32)19-21-31(26,27)5)20-22-34-35(30(2,3)4,24-13-9-7-10-14-24)25-15-11-8-12-16-25/h7-16,23,26H,17-22H2,1-6H3/t23-,26-,31-/m1/s1. The summed E-state index contributed by atoms with van der Waals surface area (Å²) in [4.78, 5) is 12.4. The average Bonchev–Trinajstić information content (AvgIpc) is 3.19. The highest BCUT2D eigenvalue weighted by atomic mass is 28.4. The number of hydrogen-bond acceptors (Lipinski definition) is 3. The molecule has 0 amide bonds. The highest BCUT2D eigenvalue weighted by Gasteiger charge is 2.51. The van der Waals surface area contributed by atoms with Gasteiger partial charge in [-0.15, -0.1) is 0 Å². The maximum Gasteiger partial charge on any atom is 0.261 e. The van der Waals surface area contributed by atoms with Crippen LogP contribution in [0.25, 0.3) is 0 Å². The molecule has 0 radical (unpaired) electrons. The summed E-state index contributed by atoms with van der Waals surface area (Å²) >= 11 is 0. The van der Waals surface area contributed by atoms with E-state index in [0.717, 1.165) is 32.3 Å². The van der Waals surface area contributed by atoms with Crippen molar-refractivity contribution in [2.24, 2.45) is 17.3 Å². The second-order valence-electron chi connectivity index (χ2n) is 11.8. The van der Waals surface area contributed by atoms with Crippen molar-refractivity contribution in [1.29, 1.82) is 0 Å². The van der Waals surface area contributed by atoms with Gasteiger partial charge in [0.05, 0.1) is 7.11 Å². The minimum absolute atomic E-state index is 0.00864. The molecule has 0 bridgehead atoms. The van der Waals surface area contributed by atoms with E-state index in [-0.39, 0.29) is 16.2 Å². The molecule has 0 aliphatic heterocycles. The zero-order valence-corrected chi connectivity index (χ0v) is 23.4. The largest absolute Gasteiger partial charge is 0.493 e. The van der Waals surface area contributed by atoms with Gasteiger partial charge < -0.3 is 9.16 Å². The van der Waals surface area contributed by atoms with Gasteiger partial charge in [-0.2, -0.15) is 0 Å². The molecule has 4 rings (SSSR count). The molecule has 0 spiro atoms. The summed E-state index contributed by atoms with van der Waals surface area (Å²) in [5.74, 6) is 1.90. The van der Waals surface area contributed by atoms with E-state index < -0.39 is 8.32 Å². The molecule has 188 valence electrons. The van der Waals surface area contributed by atoms with Crippen LogP contribution in [0.1, 0.15) is 66.7 Å². The van der Waals surface area contributed by atoms with Crippen LogP contribution in [-0.4, -0.2) is 27.8 Å². The maximum atomic E-state index is 12.4. The third-order valence-electron chi connectivity index (χ3n) is 8.81. The topological polar surface area (TPSA) is 35.5 Å². The number of Topliss-reactive ketones (excluding diaryl/α,β-unsaturated/α-hetero) is 1. The SMILES string of the molecule is COC1=C2CC[C@H]([C@H](C)CCO[Si](c3ccccc3)(c3ccccc3)C(C)(C)C)[C@@]2(C)CCC1=O. The summed E-state index contributed by atoms with van der Waals surface area (Å²) < 4.78 is 12.8. The first kappa shape index (κ1) is 25.9. The molecule has 0 aromatic heterocycles. The first-order valence-electron chi connectivity index (χ1n) is 13.2. The quantitative estimate of drug-likeness (QED) is 0.409. The van der Waals surface area contributed by atoms with Crippen LogP contribution in [0, 0.1) is 17.3 Å². The summed E-state index contributed by atoms with van der Waals surface area (Å²) in [6.07, 6.45) is 4.68. The molecule has 0 unspecified atom stereocenters. The fourth-order valence-electron chi connectivity index (χ4n) is 7.00. The number of benzene rings is 2. The Balaban J connectivity index is 1.58. The van der Waals surface area contributed by atoms with Crippen molar-refractivity contribution < 1.29 is 14.0 Å². The van der Waals surface area contributed by atoms with Crippen LogP contribution in [0.15, 0.2) is 72.0 Å². The van der Waals surface area contributed by atoms with E-state index in [2.05, 4.69) is 95.3 Å². The number of carbonyl (C=O) groups excluding carboxylic acids is 1. The van der Waals surface area contributed by atoms with Crippen molar-refractivity contribution in [3.63, 3.8) is 0 Å². The van der Waals surface area contributed by atoms with E-state index >= 15 is 0 Å². The molecule has 0 heterocycles. The van der Waals surface area contributed by atoms with Crippen molar-refractivity contribution in [2.75, 3.05) is 13.7 Å². The predicted octanol–water partition coefficient (Wildman–Crippen LogP) is 6.27. The lowest BCUT2D eigenvalue weighted by atomic mass is 9.65. The van der Waals surface area contributed by atoms with Gasteiger partial charge >= 0.3 is 0 Å². The third kappa shape index (κ3) is 4.56. The minimum atomic E-state index is -2.51. The van der Waals surface area contributed by atoms with Crippen molar-refractivity contribution in [1.82, 2.24) is 0 Å². The molecular weight excluding hydrogens is 448 g/mol. The first-order chi connectivity index (χ1) is 16.6. The molecule has 3 atom stereocenters. The second kappa shape index (κ2) is 10.1. The normalized spacial score (nSPS) is 23.8. The van der Waals surface area contributed by atoms with E-state index in [0.29, 0.717) is 24.0 Å². The predicted molar refractivity (Wildman–Crippen MR) is 146 cm³/mol. The van der Waals surface area contributed by atoms with Crippen LogP contribution in [0.3, 0.4) is 0 Å². The molecule has 1 fully saturated rings. The van der Waals surface area contributed by atoms with Gasteiger partial charge in [0.1, 0.15) is 0 Å². The van der Waals surface area contributed by atoms with Gasteiger partial charge in [0.25, 0.3) is 8.32 Å². The minimum Gasteiger partial charge on any atom is -0.493 e. The van der Waals surface area contributed by atoms with Gasteiger partial charge in [0.15, 0.2) is 11.5 Å². The summed E-state index contributed by atoms with van der Waals surface area (Å²) in [6, 6.07) is 21.8. The number of carbonyl (C=O) groups is 1. The van der Waals surface area contributed by atoms with Crippen LogP contribution < -0.4 is 10.4 Å². The molecule has 2 aliphatic carbocycles. The Morgan fingerprint density at radius 1 is 1.00 bits per heavy atom. The molecule has 3 nitrogen and oxygen atoms in total. The molecule has 2 aromatic carbocycles. The zero-order valence-electron chi connectivity index (χ0n) is 22.4. The van der Waals surface area contributed by atoms with Crippen LogP contribution in [-0.2, 0) is 14.0 Å². The number of rotatable bonds is 8. The fourth-order valence-corrected chi connectivity index (χ4v) is 11.6. The zero-order chi connectivity index (χ0) is 25.3. The molecule has 35 heavy (non-hydrogen) atoms. The Labute approximate surface area is 213 Å². The number of fused-ring (bicyclic) bond motifs is 1.